The summed E-state index contributed by atoms with van der Waals surface area (Å²) in [5, 5.41) is 9.67. The highest BCUT2D eigenvalue weighted by Gasteiger charge is 2.54. The number of carbonyl (C=O) groups is 1. The molecule has 4 heteroatoms. The van der Waals surface area contributed by atoms with Gasteiger partial charge in [0.05, 0.1) is 11.4 Å². The molecule has 1 spiro atoms. The molecule has 4 aliphatic rings. The van der Waals surface area contributed by atoms with Gasteiger partial charge in [0.1, 0.15) is 11.6 Å². The first-order valence-electron chi connectivity index (χ1n) is 7.22. The highest BCUT2D eigenvalue weighted by molar-refractivity contribution is 6.36. The second kappa shape index (κ2) is 3.65. The Balaban J connectivity index is 1.83. The third-order valence-electron chi connectivity index (χ3n) is 4.80. The van der Waals surface area contributed by atoms with E-state index in [2.05, 4.69) is 6.08 Å². The molecule has 106 valence electrons. The lowest BCUT2D eigenvalue weighted by Crippen LogP contribution is -2.57. The molecule has 0 amide bonds. The van der Waals surface area contributed by atoms with Gasteiger partial charge in [0, 0.05) is 17.3 Å². The van der Waals surface area contributed by atoms with E-state index >= 15 is 0 Å². The van der Waals surface area contributed by atoms with Gasteiger partial charge < -0.3 is 10.0 Å². The van der Waals surface area contributed by atoms with Crippen molar-refractivity contribution in [3.8, 4) is 0 Å². The summed E-state index contributed by atoms with van der Waals surface area (Å²) in [5.74, 6) is -0.846. The van der Waals surface area contributed by atoms with Crippen LogP contribution in [0.15, 0.2) is 71.4 Å². The van der Waals surface area contributed by atoms with Crippen molar-refractivity contribution in [3.63, 3.8) is 0 Å². The first-order valence-corrected chi connectivity index (χ1v) is 7.22. The molecule has 1 N–H and O–H groups in total. The fourth-order valence-corrected chi connectivity index (χ4v) is 3.86. The lowest BCUT2D eigenvalue weighted by molar-refractivity contribution is -0.141. The lowest BCUT2D eigenvalue weighted by atomic mass is 9.78. The molecule has 3 heterocycles. The molecule has 2 unspecified atom stereocenters. The second-order valence-electron chi connectivity index (χ2n) is 5.81. The molecule has 0 saturated heterocycles. The number of aliphatic carboxylic acids is 1. The number of aliphatic imine (C=N–C) groups is 1. The summed E-state index contributed by atoms with van der Waals surface area (Å²) in [7, 11) is 0. The number of para-hydroxylation sites is 1. The maximum Gasteiger partial charge on any atom is 0.330 e. The largest absolute Gasteiger partial charge is 0.479 e. The molecule has 0 radical (unpaired) electrons. The van der Waals surface area contributed by atoms with Gasteiger partial charge in [-0.1, -0.05) is 30.4 Å². The second-order valence-corrected chi connectivity index (χ2v) is 5.81. The van der Waals surface area contributed by atoms with E-state index in [9.17, 15) is 9.90 Å². The summed E-state index contributed by atoms with van der Waals surface area (Å²) in [5.41, 5.74) is 4.32. The Bertz CT molecular complexity index is 888. The molecule has 1 aromatic carbocycles. The highest BCUT2D eigenvalue weighted by atomic mass is 16.4. The maximum atomic E-state index is 11.8. The van der Waals surface area contributed by atoms with Crippen molar-refractivity contribution in [2.75, 3.05) is 0 Å². The van der Waals surface area contributed by atoms with Gasteiger partial charge in [-0.05, 0) is 29.9 Å². The Morgan fingerprint density at radius 2 is 2.18 bits per heavy atom. The number of carboxylic acids is 1. The quantitative estimate of drug-likeness (QED) is 0.864. The van der Waals surface area contributed by atoms with Crippen LogP contribution in [0.2, 0.25) is 0 Å². The van der Waals surface area contributed by atoms with Crippen molar-refractivity contribution in [1.29, 1.82) is 0 Å². The van der Waals surface area contributed by atoms with Gasteiger partial charge in [-0.15, -0.1) is 0 Å². The molecular formula is C18H12N2O2. The fourth-order valence-electron chi connectivity index (χ4n) is 3.86. The normalized spacial score (nSPS) is 29.4. The third kappa shape index (κ3) is 1.15. The topological polar surface area (TPSA) is 52.9 Å². The molecule has 0 fully saturated rings. The van der Waals surface area contributed by atoms with Gasteiger partial charge in [-0.2, -0.15) is 0 Å². The summed E-state index contributed by atoms with van der Waals surface area (Å²) < 4.78 is 0. The number of carboxylic acid groups (broad SMARTS) is 1. The lowest BCUT2D eigenvalue weighted by Gasteiger charge is -2.43. The zero-order valence-corrected chi connectivity index (χ0v) is 11.6. The van der Waals surface area contributed by atoms with Crippen LogP contribution in [0, 0.1) is 0 Å². The van der Waals surface area contributed by atoms with Crippen molar-refractivity contribution < 1.29 is 9.90 Å². The monoisotopic (exact) mass is 288 g/mol. The van der Waals surface area contributed by atoms with Crippen LogP contribution >= 0.6 is 0 Å². The summed E-state index contributed by atoms with van der Waals surface area (Å²) in [4.78, 5) is 18.5. The SMILES string of the molecule is O=C(O)C1C=C2C(=Nc3ccccc32)C23C=CC=C2C=CN13. The summed E-state index contributed by atoms with van der Waals surface area (Å²) >= 11 is 0. The van der Waals surface area contributed by atoms with Crippen LogP contribution in [0.4, 0.5) is 5.69 Å². The van der Waals surface area contributed by atoms with Crippen LogP contribution in [0.3, 0.4) is 0 Å². The smallest absolute Gasteiger partial charge is 0.330 e. The van der Waals surface area contributed by atoms with Crippen molar-refractivity contribution in [1.82, 2.24) is 4.90 Å². The van der Waals surface area contributed by atoms with Gasteiger partial charge in [0.15, 0.2) is 0 Å². The molecule has 0 bridgehead atoms. The maximum absolute atomic E-state index is 11.8. The number of nitrogens with zero attached hydrogens (tertiary/aromatic N) is 2. The molecule has 3 aliphatic heterocycles. The average Bonchev–Trinajstić information content (AvgIpc) is 3.16. The molecule has 0 saturated carbocycles. The van der Waals surface area contributed by atoms with Crippen LogP contribution in [-0.4, -0.2) is 33.3 Å². The Kier molecular flexibility index (Phi) is 1.95. The minimum Gasteiger partial charge on any atom is -0.479 e. The number of hydrogen-bond donors (Lipinski definition) is 1. The van der Waals surface area contributed by atoms with Crippen LogP contribution in [0.25, 0.3) is 5.57 Å². The van der Waals surface area contributed by atoms with E-state index in [-0.39, 0.29) is 0 Å². The van der Waals surface area contributed by atoms with Gasteiger partial charge in [-0.3, -0.25) is 0 Å². The fraction of sp³-hybridized carbons (Fsp3) is 0.111. The molecule has 22 heavy (non-hydrogen) atoms. The van der Waals surface area contributed by atoms with E-state index in [1.54, 1.807) is 0 Å². The molecule has 0 aromatic heterocycles. The Hall–Kier alpha value is -2.88. The van der Waals surface area contributed by atoms with Crippen LogP contribution < -0.4 is 0 Å². The minimum atomic E-state index is -0.846. The number of allylic oxidation sites excluding steroid dienone is 2. The molecule has 2 atom stereocenters. The van der Waals surface area contributed by atoms with E-state index in [0.29, 0.717) is 0 Å². The first-order chi connectivity index (χ1) is 10.7. The van der Waals surface area contributed by atoms with Crippen molar-refractivity contribution in [3.05, 3.63) is 72.0 Å². The van der Waals surface area contributed by atoms with Gasteiger partial charge in [-0.25, -0.2) is 9.79 Å². The van der Waals surface area contributed by atoms with Crippen molar-refractivity contribution in [2.45, 2.75) is 11.6 Å². The number of fused-ring (bicyclic) bond motifs is 3. The van der Waals surface area contributed by atoms with Crippen molar-refractivity contribution >= 4 is 22.9 Å². The Morgan fingerprint density at radius 3 is 3.05 bits per heavy atom. The van der Waals surface area contributed by atoms with Crippen molar-refractivity contribution in [2.24, 2.45) is 4.99 Å². The number of hydrogen-bond acceptors (Lipinski definition) is 3. The van der Waals surface area contributed by atoms with Gasteiger partial charge in [0.25, 0.3) is 0 Å². The first kappa shape index (κ1) is 11.7. The van der Waals surface area contributed by atoms with E-state index in [1.165, 1.54) is 0 Å². The summed E-state index contributed by atoms with van der Waals surface area (Å²) in [6.07, 6.45) is 11.7. The molecule has 1 aromatic rings. The number of rotatable bonds is 1. The van der Waals surface area contributed by atoms with E-state index in [1.807, 2.05) is 59.7 Å². The van der Waals surface area contributed by atoms with Gasteiger partial charge >= 0.3 is 5.97 Å². The molecule has 4 nitrogen and oxygen atoms in total. The molecule has 1 aliphatic carbocycles. The van der Waals surface area contributed by atoms with E-state index in [4.69, 9.17) is 4.99 Å². The third-order valence-corrected chi connectivity index (χ3v) is 4.80. The molecular weight excluding hydrogens is 276 g/mol. The van der Waals surface area contributed by atoms with Crippen LogP contribution in [-0.2, 0) is 4.79 Å². The number of benzene rings is 1. The molecule has 5 rings (SSSR count). The standard InChI is InChI=1S/C18H12N2O2/c21-17(22)15-10-13-12-5-1-2-6-14(12)19-16(13)18-8-3-4-11(18)7-9-20(15)18/h1-10,15H,(H,21,22). The summed E-state index contributed by atoms with van der Waals surface area (Å²) in [6.45, 7) is 0. The average molecular weight is 288 g/mol. The van der Waals surface area contributed by atoms with Gasteiger partial charge in [0.2, 0.25) is 0 Å². The Labute approximate surface area is 127 Å². The zero-order chi connectivity index (χ0) is 14.9. The Morgan fingerprint density at radius 1 is 1.32 bits per heavy atom. The minimum absolute atomic E-state index is 0.563. The predicted molar refractivity (Wildman–Crippen MR) is 83.9 cm³/mol. The summed E-state index contributed by atoms with van der Waals surface area (Å²) in [6, 6.07) is 7.21. The van der Waals surface area contributed by atoms with Crippen LogP contribution in [0.5, 0.6) is 0 Å². The highest BCUT2D eigenvalue weighted by Crippen LogP contribution is 2.50. The predicted octanol–water partition coefficient (Wildman–Crippen LogP) is 2.69. The van der Waals surface area contributed by atoms with E-state index < -0.39 is 17.6 Å². The zero-order valence-electron chi connectivity index (χ0n) is 11.6. The van der Waals surface area contributed by atoms with E-state index in [0.717, 1.165) is 28.1 Å². The van der Waals surface area contributed by atoms with Crippen LogP contribution in [0.1, 0.15) is 5.56 Å².